The molecule has 0 saturated carbocycles. The monoisotopic (exact) mass is 247 g/mol. The summed E-state index contributed by atoms with van der Waals surface area (Å²) in [6.45, 7) is 3.87. The van der Waals surface area contributed by atoms with Gasteiger partial charge >= 0.3 is 5.97 Å². The summed E-state index contributed by atoms with van der Waals surface area (Å²) in [6.07, 6.45) is 0. The second kappa shape index (κ2) is 4.87. The van der Waals surface area contributed by atoms with E-state index >= 15 is 0 Å². The van der Waals surface area contributed by atoms with Gasteiger partial charge in [-0.15, -0.1) is 0 Å². The molecular formula is C12H13N3O3. The fourth-order valence-corrected chi connectivity index (χ4v) is 1.66. The number of nitrogens with one attached hydrogen (secondary N) is 1. The van der Waals surface area contributed by atoms with Crippen LogP contribution < -0.4 is 5.32 Å². The molecule has 0 bridgehead atoms. The number of carboxylic acids is 1. The smallest absolute Gasteiger partial charge is 0.337 e. The van der Waals surface area contributed by atoms with E-state index in [4.69, 9.17) is 9.63 Å². The second-order valence-corrected chi connectivity index (χ2v) is 3.89. The van der Waals surface area contributed by atoms with Crippen molar-refractivity contribution >= 4 is 11.7 Å². The van der Waals surface area contributed by atoms with E-state index in [1.54, 1.807) is 19.1 Å². The van der Waals surface area contributed by atoms with Gasteiger partial charge in [-0.2, -0.15) is 4.98 Å². The number of aryl methyl sites for hydroxylation is 2. The lowest BCUT2D eigenvalue weighted by molar-refractivity contribution is 0.0698. The number of anilines is 1. The first kappa shape index (κ1) is 12.1. The Morgan fingerprint density at radius 1 is 1.44 bits per heavy atom. The molecule has 6 nitrogen and oxygen atoms in total. The van der Waals surface area contributed by atoms with Crippen LogP contribution in [-0.2, 0) is 6.54 Å². The average molecular weight is 247 g/mol. The lowest BCUT2D eigenvalue weighted by Crippen LogP contribution is -2.08. The Bertz CT molecular complexity index is 578. The highest BCUT2D eigenvalue weighted by atomic mass is 16.5. The first-order chi connectivity index (χ1) is 8.58. The summed E-state index contributed by atoms with van der Waals surface area (Å²) in [6, 6.07) is 5.11. The molecule has 18 heavy (non-hydrogen) atoms. The van der Waals surface area contributed by atoms with E-state index in [1.807, 2.05) is 13.0 Å². The third kappa shape index (κ3) is 2.48. The first-order valence-corrected chi connectivity index (χ1v) is 5.44. The number of hydrogen-bond acceptors (Lipinski definition) is 5. The molecule has 0 fully saturated rings. The van der Waals surface area contributed by atoms with Gasteiger partial charge in [0.05, 0.1) is 17.8 Å². The Labute approximate surface area is 104 Å². The molecule has 1 aromatic heterocycles. The summed E-state index contributed by atoms with van der Waals surface area (Å²) < 4.78 is 4.84. The predicted octanol–water partition coefficient (Wildman–Crippen LogP) is 2.00. The molecule has 2 N–H and O–H groups in total. The van der Waals surface area contributed by atoms with Crippen molar-refractivity contribution in [3.05, 3.63) is 41.0 Å². The van der Waals surface area contributed by atoms with Crippen LogP contribution in [-0.4, -0.2) is 21.2 Å². The number of nitrogens with zero attached hydrogens (tertiary/aromatic N) is 2. The van der Waals surface area contributed by atoms with Gasteiger partial charge in [0.1, 0.15) is 0 Å². The maximum atomic E-state index is 11.1. The molecule has 1 aromatic carbocycles. The normalized spacial score (nSPS) is 10.3. The maximum absolute atomic E-state index is 11.1. The van der Waals surface area contributed by atoms with Gasteiger partial charge < -0.3 is 14.9 Å². The number of carboxylic acid groups (broad SMARTS) is 1. The van der Waals surface area contributed by atoms with E-state index < -0.39 is 5.97 Å². The van der Waals surface area contributed by atoms with Crippen LogP contribution in [0.1, 0.15) is 27.6 Å². The Balaban J connectivity index is 2.20. The summed E-state index contributed by atoms with van der Waals surface area (Å²) in [5.41, 5.74) is 1.66. The SMILES string of the molecule is Cc1nc(CNc2c(C)cccc2C(=O)O)no1. The number of aromatic carboxylic acids is 1. The van der Waals surface area contributed by atoms with Crippen molar-refractivity contribution in [2.45, 2.75) is 20.4 Å². The zero-order chi connectivity index (χ0) is 13.1. The number of aromatic nitrogens is 2. The molecule has 0 amide bonds. The van der Waals surface area contributed by atoms with Gasteiger partial charge in [-0.25, -0.2) is 4.79 Å². The zero-order valence-corrected chi connectivity index (χ0v) is 10.1. The molecule has 0 radical (unpaired) electrons. The third-order valence-corrected chi connectivity index (χ3v) is 2.50. The summed E-state index contributed by atoms with van der Waals surface area (Å²) in [5.74, 6) is 0.00706. The Morgan fingerprint density at radius 2 is 2.22 bits per heavy atom. The summed E-state index contributed by atoms with van der Waals surface area (Å²) >= 11 is 0. The fraction of sp³-hybridized carbons (Fsp3) is 0.250. The minimum atomic E-state index is -0.967. The van der Waals surface area contributed by atoms with Crippen molar-refractivity contribution in [2.75, 3.05) is 5.32 Å². The number of rotatable bonds is 4. The molecule has 1 heterocycles. The van der Waals surface area contributed by atoms with E-state index in [1.165, 1.54) is 0 Å². The Kier molecular flexibility index (Phi) is 3.27. The van der Waals surface area contributed by atoms with Crippen LogP contribution in [0.3, 0.4) is 0 Å². The van der Waals surface area contributed by atoms with E-state index in [-0.39, 0.29) is 5.56 Å². The summed E-state index contributed by atoms with van der Waals surface area (Å²) in [4.78, 5) is 15.1. The number of para-hydroxylation sites is 1. The van der Waals surface area contributed by atoms with E-state index in [0.29, 0.717) is 23.9 Å². The van der Waals surface area contributed by atoms with Crippen molar-refractivity contribution in [1.29, 1.82) is 0 Å². The van der Waals surface area contributed by atoms with E-state index in [9.17, 15) is 4.79 Å². The molecule has 0 spiro atoms. The standard InChI is InChI=1S/C12H13N3O3/c1-7-4-3-5-9(12(16)17)11(7)13-6-10-14-8(2)18-15-10/h3-5,13H,6H2,1-2H3,(H,16,17). The number of hydrogen-bond donors (Lipinski definition) is 2. The number of carbonyl (C=O) groups is 1. The number of benzene rings is 1. The minimum absolute atomic E-state index is 0.232. The fourth-order valence-electron chi connectivity index (χ4n) is 1.66. The van der Waals surface area contributed by atoms with Crippen LogP contribution in [0.4, 0.5) is 5.69 Å². The molecule has 0 aliphatic heterocycles. The molecule has 2 aromatic rings. The Morgan fingerprint density at radius 3 is 2.83 bits per heavy atom. The van der Waals surface area contributed by atoms with Gasteiger partial charge in [0.15, 0.2) is 5.82 Å². The van der Waals surface area contributed by atoms with Gasteiger partial charge in [0, 0.05) is 6.92 Å². The van der Waals surface area contributed by atoms with Crippen LogP contribution in [0.15, 0.2) is 22.7 Å². The summed E-state index contributed by atoms with van der Waals surface area (Å²) in [5, 5.41) is 15.9. The highest BCUT2D eigenvalue weighted by Crippen LogP contribution is 2.21. The predicted molar refractivity (Wildman–Crippen MR) is 64.5 cm³/mol. The molecule has 0 aliphatic carbocycles. The lowest BCUT2D eigenvalue weighted by Gasteiger charge is -2.10. The molecule has 0 aliphatic rings. The molecule has 2 rings (SSSR count). The van der Waals surface area contributed by atoms with Gasteiger partial charge in [-0.1, -0.05) is 17.3 Å². The van der Waals surface area contributed by atoms with Crippen molar-refractivity contribution in [3.8, 4) is 0 Å². The van der Waals surface area contributed by atoms with Gasteiger partial charge in [-0.3, -0.25) is 0 Å². The van der Waals surface area contributed by atoms with Crippen molar-refractivity contribution < 1.29 is 14.4 Å². The van der Waals surface area contributed by atoms with Crippen LogP contribution in [0.5, 0.6) is 0 Å². The van der Waals surface area contributed by atoms with Crippen LogP contribution >= 0.6 is 0 Å². The van der Waals surface area contributed by atoms with Crippen LogP contribution in [0.2, 0.25) is 0 Å². The first-order valence-electron chi connectivity index (χ1n) is 5.44. The highest BCUT2D eigenvalue weighted by molar-refractivity contribution is 5.95. The molecule has 0 saturated heterocycles. The highest BCUT2D eigenvalue weighted by Gasteiger charge is 2.12. The van der Waals surface area contributed by atoms with E-state index in [0.717, 1.165) is 5.56 Å². The van der Waals surface area contributed by atoms with Crippen molar-refractivity contribution in [3.63, 3.8) is 0 Å². The molecule has 6 heteroatoms. The van der Waals surface area contributed by atoms with E-state index in [2.05, 4.69) is 15.5 Å². The third-order valence-electron chi connectivity index (χ3n) is 2.50. The van der Waals surface area contributed by atoms with Crippen molar-refractivity contribution in [1.82, 2.24) is 10.1 Å². The minimum Gasteiger partial charge on any atom is -0.478 e. The van der Waals surface area contributed by atoms with Gasteiger partial charge in [0.25, 0.3) is 0 Å². The largest absolute Gasteiger partial charge is 0.478 e. The van der Waals surface area contributed by atoms with Gasteiger partial charge in [-0.05, 0) is 18.6 Å². The van der Waals surface area contributed by atoms with Crippen molar-refractivity contribution in [2.24, 2.45) is 0 Å². The quantitative estimate of drug-likeness (QED) is 0.859. The topological polar surface area (TPSA) is 88.2 Å². The summed E-state index contributed by atoms with van der Waals surface area (Å²) in [7, 11) is 0. The van der Waals surface area contributed by atoms with Crippen LogP contribution in [0, 0.1) is 13.8 Å². The zero-order valence-electron chi connectivity index (χ0n) is 10.1. The molecule has 94 valence electrons. The lowest BCUT2D eigenvalue weighted by atomic mass is 10.1. The maximum Gasteiger partial charge on any atom is 0.337 e. The van der Waals surface area contributed by atoms with Crippen LogP contribution in [0.25, 0.3) is 0 Å². The second-order valence-electron chi connectivity index (χ2n) is 3.89. The average Bonchev–Trinajstić information content (AvgIpc) is 2.73. The molecule has 0 atom stereocenters. The molecular weight excluding hydrogens is 234 g/mol. The molecule has 0 unspecified atom stereocenters. The Hall–Kier alpha value is -2.37. The van der Waals surface area contributed by atoms with Gasteiger partial charge in [0.2, 0.25) is 5.89 Å².